The first kappa shape index (κ1) is 16.2. The summed E-state index contributed by atoms with van der Waals surface area (Å²) < 4.78 is 6.71. The van der Waals surface area contributed by atoms with Crippen LogP contribution in [0, 0.1) is 10.9 Å². The summed E-state index contributed by atoms with van der Waals surface area (Å²) in [5.74, 6) is 1.08. The number of aromatic nitrogens is 1. The summed E-state index contributed by atoms with van der Waals surface area (Å²) in [6.07, 6.45) is 2.39. The summed E-state index contributed by atoms with van der Waals surface area (Å²) >= 11 is 6.62. The molecule has 1 N–H and O–H groups in total. The predicted molar refractivity (Wildman–Crippen MR) is 94.6 cm³/mol. The van der Waals surface area contributed by atoms with E-state index in [1.165, 1.54) is 11.3 Å². The Bertz CT molecular complexity index is 716. The number of hydrogen-bond donors (Lipinski definition) is 1. The van der Waals surface area contributed by atoms with E-state index in [0.29, 0.717) is 6.42 Å². The molecule has 0 spiro atoms. The first-order valence-corrected chi connectivity index (χ1v) is 9.02. The lowest BCUT2D eigenvalue weighted by Gasteiger charge is -2.32. The van der Waals surface area contributed by atoms with Gasteiger partial charge in [0.25, 0.3) is 0 Å². The van der Waals surface area contributed by atoms with Crippen molar-refractivity contribution in [2.45, 2.75) is 32.3 Å². The number of nitrogens with one attached hydrogen (secondary N) is 1. The Morgan fingerprint density at radius 3 is 2.65 bits per heavy atom. The van der Waals surface area contributed by atoms with E-state index in [2.05, 4.69) is 4.98 Å². The van der Waals surface area contributed by atoms with Gasteiger partial charge in [-0.15, -0.1) is 11.3 Å². The fourth-order valence-corrected chi connectivity index (χ4v) is 4.05. The molecule has 0 atom stereocenters. The zero-order chi connectivity index (χ0) is 16.2. The van der Waals surface area contributed by atoms with Crippen molar-refractivity contribution in [1.29, 1.82) is 0 Å². The van der Waals surface area contributed by atoms with Crippen LogP contribution in [-0.2, 0) is 11.2 Å². The third-order valence-corrected chi connectivity index (χ3v) is 5.41. The van der Waals surface area contributed by atoms with E-state index in [1.807, 2.05) is 42.2 Å². The van der Waals surface area contributed by atoms with Gasteiger partial charge in [0.05, 0.1) is 6.42 Å². The highest BCUT2D eigenvalue weighted by Gasteiger charge is 2.24. The lowest BCUT2D eigenvalue weighted by Crippen LogP contribution is -2.42. The minimum Gasteiger partial charge on any atom is -0.490 e. The van der Waals surface area contributed by atoms with Crippen molar-refractivity contribution in [3.8, 4) is 5.75 Å². The Labute approximate surface area is 145 Å². The van der Waals surface area contributed by atoms with E-state index in [1.54, 1.807) is 0 Å². The van der Waals surface area contributed by atoms with Crippen LogP contribution in [0.2, 0.25) is 0 Å². The maximum Gasteiger partial charge on any atom is 0.227 e. The molecule has 2 aromatic rings. The van der Waals surface area contributed by atoms with Gasteiger partial charge in [0.15, 0.2) is 3.95 Å². The Kier molecular flexibility index (Phi) is 5.13. The van der Waals surface area contributed by atoms with Crippen LogP contribution in [0.3, 0.4) is 0 Å². The highest BCUT2D eigenvalue weighted by atomic mass is 32.1. The first-order valence-electron chi connectivity index (χ1n) is 7.80. The molecule has 122 valence electrons. The van der Waals surface area contributed by atoms with Gasteiger partial charge in [-0.2, -0.15) is 0 Å². The van der Waals surface area contributed by atoms with Crippen molar-refractivity contribution in [2.24, 2.45) is 0 Å². The summed E-state index contributed by atoms with van der Waals surface area (Å²) in [6, 6.07) is 9.87. The van der Waals surface area contributed by atoms with Gasteiger partial charge in [0.2, 0.25) is 5.91 Å². The van der Waals surface area contributed by atoms with E-state index >= 15 is 0 Å². The number of carbonyl (C=O) groups excluding carboxylic acids is 1. The number of likely N-dealkylation sites (tertiary alicyclic amines) is 1. The van der Waals surface area contributed by atoms with E-state index in [4.69, 9.17) is 17.0 Å². The number of ether oxygens (including phenoxy) is 1. The molecule has 1 aliphatic heterocycles. The van der Waals surface area contributed by atoms with Crippen molar-refractivity contribution < 1.29 is 9.53 Å². The molecule has 1 amide bonds. The molecule has 23 heavy (non-hydrogen) atoms. The second-order valence-electron chi connectivity index (χ2n) is 5.75. The third kappa shape index (κ3) is 4.20. The molecule has 4 nitrogen and oxygen atoms in total. The van der Waals surface area contributed by atoms with Crippen LogP contribution in [-0.4, -0.2) is 35.0 Å². The van der Waals surface area contributed by atoms with Crippen molar-refractivity contribution in [3.05, 3.63) is 44.9 Å². The zero-order valence-corrected chi connectivity index (χ0v) is 14.7. The topological polar surface area (TPSA) is 45.3 Å². The van der Waals surface area contributed by atoms with Gasteiger partial charge in [0, 0.05) is 36.5 Å². The minimum atomic E-state index is 0.177. The number of amides is 1. The maximum absolute atomic E-state index is 12.4. The van der Waals surface area contributed by atoms with Crippen LogP contribution in [0.5, 0.6) is 5.75 Å². The smallest absolute Gasteiger partial charge is 0.227 e. The van der Waals surface area contributed by atoms with Crippen LogP contribution in [0.25, 0.3) is 0 Å². The maximum atomic E-state index is 12.4. The zero-order valence-electron chi connectivity index (χ0n) is 13.1. The second kappa shape index (κ2) is 7.27. The van der Waals surface area contributed by atoms with Gasteiger partial charge < -0.3 is 14.6 Å². The number of rotatable bonds is 4. The fraction of sp³-hybridized carbons (Fsp3) is 0.412. The number of aryl methyl sites for hydroxylation is 1. The molecule has 1 fully saturated rings. The summed E-state index contributed by atoms with van der Waals surface area (Å²) in [4.78, 5) is 18.5. The number of hydrogen-bond acceptors (Lipinski definition) is 4. The number of H-pyrrole nitrogens is 1. The number of thiazole rings is 1. The number of nitrogens with zero attached hydrogens (tertiary/aromatic N) is 1. The largest absolute Gasteiger partial charge is 0.490 e. The molecule has 0 saturated carbocycles. The van der Waals surface area contributed by atoms with Gasteiger partial charge in [-0.25, -0.2) is 0 Å². The molecule has 0 bridgehead atoms. The lowest BCUT2D eigenvalue weighted by molar-refractivity contribution is -0.132. The number of carbonyl (C=O) groups is 1. The summed E-state index contributed by atoms with van der Waals surface area (Å²) in [5, 5.41) is 0. The predicted octanol–water partition coefficient (Wildman–Crippen LogP) is 3.73. The van der Waals surface area contributed by atoms with Gasteiger partial charge in [-0.1, -0.05) is 18.2 Å². The summed E-state index contributed by atoms with van der Waals surface area (Å²) in [6.45, 7) is 3.48. The molecular weight excluding hydrogens is 328 g/mol. The van der Waals surface area contributed by atoms with Crippen molar-refractivity contribution in [1.82, 2.24) is 9.88 Å². The van der Waals surface area contributed by atoms with Crippen molar-refractivity contribution >= 4 is 29.5 Å². The number of aromatic amines is 1. The Balaban J connectivity index is 1.51. The minimum absolute atomic E-state index is 0.177. The number of piperidine rings is 1. The van der Waals surface area contributed by atoms with Gasteiger partial charge >= 0.3 is 0 Å². The summed E-state index contributed by atoms with van der Waals surface area (Å²) in [5.41, 5.74) is 1.01. The first-order chi connectivity index (χ1) is 11.1. The molecule has 1 aliphatic rings. The normalized spacial score (nSPS) is 15.6. The van der Waals surface area contributed by atoms with Crippen molar-refractivity contribution in [3.63, 3.8) is 0 Å². The van der Waals surface area contributed by atoms with Crippen LogP contribution >= 0.6 is 23.6 Å². The average Bonchev–Trinajstić information content (AvgIpc) is 2.86. The van der Waals surface area contributed by atoms with Crippen LogP contribution in [0.4, 0.5) is 0 Å². The second-order valence-corrected chi connectivity index (χ2v) is 7.52. The fourth-order valence-electron chi connectivity index (χ4n) is 2.77. The number of benzene rings is 1. The molecule has 0 aliphatic carbocycles. The molecule has 2 heterocycles. The quantitative estimate of drug-likeness (QED) is 0.857. The standard InChI is InChI=1S/C17H20N2O2S2/c1-12-15(23-17(22)18-12)11-16(20)19-9-7-14(8-10-19)21-13-5-3-2-4-6-13/h2-6,14H,7-11H2,1H3,(H,18,22). The lowest BCUT2D eigenvalue weighted by atomic mass is 10.1. The molecule has 1 aromatic heterocycles. The van der Waals surface area contributed by atoms with E-state index in [9.17, 15) is 4.79 Å². The van der Waals surface area contributed by atoms with Gasteiger partial charge in [-0.05, 0) is 31.3 Å². The molecule has 0 radical (unpaired) electrons. The average molecular weight is 348 g/mol. The molecular formula is C17H20N2O2S2. The molecule has 6 heteroatoms. The Morgan fingerprint density at radius 2 is 2.04 bits per heavy atom. The molecule has 1 aromatic carbocycles. The van der Waals surface area contributed by atoms with Crippen LogP contribution in [0.15, 0.2) is 30.3 Å². The van der Waals surface area contributed by atoms with Crippen LogP contribution < -0.4 is 4.74 Å². The van der Waals surface area contributed by atoms with Crippen molar-refractivity contribution in [2.75, 3.05) is 13.1 Å². The highest BCUT2D eigenvalue weighted by Crippen LogP contribution is 2.21. The summed E-state index contributed by atoms with van der Waals surface area (Å²) in [7, 11) is 0. The number of para-hydroxylation sites is 1. The Hall–Kier alpha value is -1.66. The van der Waals surface area contributed by atoms with Crippen LogP contribution in [0.1, 0.15) is 23.4 Å². The van der Waals surface area contributed by atoms with E-state index < -0.39 is 0 Å². The Morgan fingerprint density at radius 1 is 1.35 bits per heavy atom. The third-order valence-electron chi connectivity index (χ3n) is 4.08. The van der Waals surface area contributed by atoms with Gasteiger partial charge in [-0.3, -0.25) is 4.79 Å². The van der Waals surface area contributed by atoms with Gasteiger partial charge in [0.1, 0.15) is 11.9 Å². The molecule has 0 unspecified atom stereocenters. The van der Waals surface area contributed by atoms with E-state index in [-0.39, 0.29) is 12.0 Å². The molecule has 3 rings (SSSR count). The SMILES string of the molecule is Cc1[nH]c(=S)sc1CC(=O)N1CCC(Oc2ccccc2)CC1. The monoisotopic (exact) mass is 348 g/mol. The highest BCUT2D eigenvalue weighted by molar-refractivity contribution is 7.73. The molecule has 1 saturated heterocycles. The van der Waals surface area contributed by atoms with E-state index in [0.717, 1.165) is 46.2 Å².